The van der Waals surface area contributed by atoms with Gasteiger partial charge >= 0.3 is 0 Å². The van der Waals surface area contributed by atoms with Gasteiger partial charge in [-0.25, -0.2) is 0 Å². The Morgan fingerprint density at radius 1 is 1.58 bits per heavy atom. The highest BCUT2D eigenvalue weighted by Gasteiger charge is 2.25. The molecule has 1 saturated heterocycles. The first-order chi connectivity index (χ1) is 5.61. The van der Waals surface area contributed by atoms with E-state index < -0.39 is 5.50 Å². The van der Waals surface area contributed by atoms with Gasteiger partial charge in [-0.1, -0.05) is 0 Å². The lowest BCUT2D eigenvalue weighted by Gasteiger charge is -2.35. The van der Waals surface area contributed by atoms with E-state index >= 15 is 0 Å². The maximum atomic E-state index is 5.97. The molecule has 3 atom stereocenters. The van der Waals surface area contributed by atoms with Crippen molar-refractivity contribution in [1.29, 1.82) is 0 Å². The maximum Gasteiger partial charge on any atom is 0.115 e. The molecule has 1 rings (SSSR count). The van der Waals surface area contributed by atoms with Gasteiger partial charge in [0.2, 0.25) is 0 Å². The van der Waals surface area contributed by atoms with Crippen LogP contribution in [0.2, 0.25) is 0 Å². The number of nitrogens with zero attached hydrogens (tertiary/aromatic N) is 1. The van der Waals surface area contributed by atoms with E-state index in [4.69, 9.17) is 33.7 Å². The van der Waals surface area contributed by atoms with Gasteiger partial charge in [-0.2, -0.15) is 0 Å². The Labute approximate surface area is 82.7 Å². The third kappa shape index (κ3) is 2.75. The summed E-state index contributed by atoms with van der Waals surface area (Å²) >= 11 is 11.6. The molecule has 1 aliphatic rings. The van der Waals surface area contributed by atoms with Crippen LogP contribution in [0, 0.1) is 0 Å². The second kappa shape index (κ2) is 4.63. The molecule has 0 amide bonds. The monoisotopic (exact) mass is 212 g/mol. The first-order valence-electron chi connectivity index (χ1n) is 4.00. The van der Waals surface area contributed by atoms with E-state index in [-0.39, 0.29) is 11.6 Å². The number of halogens is 2. The summed E-state index contributed by atoms with van der Waals surface area (Å²) in [5.41, 5.74) is 4.65. The molecule has 1 aliphatic heterocycles. The molecule has 0 bridgehead atoms. The zero-order valence-corrected chi connectivity index (χ0v) is 8.55. The molecule has 12 heavy (non-hydrogen) atoms. The molecule has 2 N–H and O–H groups in total. The maximum absolute atomic E-state index is 5.97. The Morgan fingerprint density at radius 2 is 2.25 bits per heavy atom. The van der Waals surface area contributed by atoms with Crippen LogP contribution in [0.25, 0.3) is 0 Å². The van der Waals surface area contributed by atoms with Gasteiger partial charge in [0.1, 0.15) is 11.0 Å². The molecule has 0 saturated carbocycles. The Kier molecular flexibility index (Phi) is 4.06. The normalized spacial score (nSPS) is 31.5. The summed E-state index contributed by atoms with van der Waals surface area (Å²) in [7, 11) is 0. The molecular formula is C7H14Cl2N2O. The van der Waals surface area contributed by atoms with Crippen molar-refractivity contribution in [2.24, 2.45) is 5.73 Å². The zero-order valence-electron chi connectivity index (χ0n) is 7.04. The van der Waals surface area contributed by atoms with E-state index in [9.17, 15) is 0 Å². The van der Waals surface area contributed by atoms with Gasteiger partial charge in [-0.3, -0.25) is 4.90 Å². The largest absolute Gasteiger partial charge is 0.376 e. The van der Waals surface area contributed by atoms with Gasteiger partial charge < -0.3 is 10.5 Å². The van der Waals surface area contributed by atoms with Crippen molar-refractivity contribution in [2.75, 3.05) is 19.7 Å². The molecule has 0 aromatic heterocycles. The highest BCUT2D eigenvalue weighted by molar-refractivity contribution is 6.29. The minimum absolute atomic E-state index is 0.218. The molecule has 0 aromatic rings. The highest BCUT2D eigenvalue weighted by atomic mass is 35.5. The topological polar surface area (TPSA) is 38.5 Å². The smallest absolute Gasteiger partial charge is 0.115 e. The molecule has 72 valence electrons. The van der Waals surface area contributed by atoms with Crippen LogP contribution in [-0.2, 0) is 4.74 Å². The summed E-state index contributed by atoms with van der Waals surface area (Å²) in [4.78, 5) is 2.04. The summed E-state index contributed by atoms with van der Waals surface area (Å²) in [5, 5.41) is 0. The second-order valence-electron chi connectivity index (χ2n) is 2.99. The van der Waals surface area contributed by atoms with Gasteiger partial charge in [0, 0.05) is 13.1 Å². The predicted molar refractivity (Wildman–Crippen MR) is 50.5 cm³/mol. The third-order valence-electron chi connectivity index (χ3n) is 1.88. The van der Waals surface area contributed by atoms with Crippen molar-refractivity contribution in [3.8, 4) is 0 Å². The van der Waals surface area contributed by atoms with E-state index in [1.165, 1.54) is 0 Å². The van der Waals surface area contributed by atoms with E-state index in [2.05, 4.69) is 0 Å². The molecule has 0 spiro atoms. The number of hydrogen-bond donors (Lipinski definition) is 1. The van der Waals surface area contributed by atoms with E-state index in [1.807, 2.05) is 11.8 Å². The first-order valence-corrected chi connectivity index (χ1v) is 4.88. The van der Waals surface area contributed by atoms with Gasteiger partial charge in [-0.05, 0) is 6.92 Å². The number of ether oxygens (including phenoxy) is 1. The fourth-order valence-electron chi connectivity index (χ4n) is 1.27. The van der Waals surface area contributed by atoms with Crippen molar-refractivity contribution >= 4 is 23.2 Å². The Balaban J connectivity index is 2.40. The third-order valence-corrected chi connectivity index (χ3v) is 2.80. The molecule has 0 aliphatic carbocycles. The van der Waals surface area contributed by atoms with Crippen molar-refractivity contribution < 1.29 is 4.74 Å². The summed E-state index contributed by atoms with van der Waals surface area (Å²) in [6, 6.07) is 0. The minimum atomic E-state index is -0.517. The number of alkyl halides is 2. The number of nitrogens with two attached hydrogens (primary N) is 1. The van der Waals surface area contributed by atoms with Crippen LogP contribution in [0.15, 0.2) is 0 Å². The molecule has 0 radical (unpaired) electrons. The van der Waals surface area contributed by atoms with Gasteiger partial charge in [0.25, 0.3) is 0 Å². The van der Waals surface area contributed by atoms with Crippen LogP contribution in [-0.4, -0.2) is 41.7 Å². The Hall–Kier alpha value is 0.460. The van der Waals surface area contributed by atoms with Crippen LogP contribution < -0.4 is 5.73 Å². The van der Waals surface area contributed by atoms with Crippen LogP contribution in [0.3, 0.4) is 0 Å². The zero-order chi connectivity index (χ0) is 9.14. The van der Waals surface area contributed by atoms with Crippen LogP contribution in [0.4, 0.5) is 0 Å². The van der Waals surface area contributed by atoms with Crippen LogP contribution in [0.5, 0.6) is 0 Å². The quantitative estimate of drug-likeness (QED) is 0.544. The lowest BCUT2D eigenvalue weighted by Crippen LogP contribution is -2.49. The van der Waals surface area contributed by atoms with Crippen LogP contribution >= 0.6 is 23.2 Å². The Bertz CT molecular complexity index is 145. The molecular weight excluding hydrogens is 199 g/mol. The van der Waals surface area contributed by atoms with E-state index in [1.54, 1.807) is 0 Å². The summed E-state index contributed by atoms with van der Waals surface area (Å²) in [6.07, 6.45) is 0.218. The molecule has 0 aromatic carbocycles. The molecule has 1 fully saturated rings. The standard InChI is InChI=1S/C7H14Cl2N2O/c1-5-4-11(2-3-12-5)7(9)6(8)10/h5-7H,2-4,10H2,1H3. The van der Waals surface area contributed by atoms with E-state index in [0.29, 0.717) is 6.61 Å². The second-order valence-corrected chi connectivity index (χ2v) is 3.94. The molecule has 3 unspecified atom stereocenters. The van der Waals surface area contributed by atoms with Gasteiger partial charge in [0.05, 0.1) is 12.7 Å². The van der Waals surface area contributed by atoms with Crippen LogP contribution in [0.1, 0.15) is 6.92 Å². The van der Waals surface area contributed by atoms with Crippen molar-refractivity contribution in [3.05, 3.63) is 0 Å². The molecule has 3 nitrogen and oxygen atoms in total. The van der Waals surface area contributed by atoms with Crippen molar-refractivity contribution in [2.45, 2.75) is 24.0 Å². The summed E-state index contributed by atoms with van der Waals surface area (Å²) < 4.78 is 5.35. The SMILES string of the molecule is CC1CN(C(Cl)C(N)Cl)CCO1. The average Bonchev–Trinajstić information content (AvgIpc) is 2.03. The summed E-state index contributed by atoms with van der Waals surface area (Å²) in [6.45, 7) is 4.32. The van der Waals surface area contributed by atoms with Crippen molar-refractivity contribution in [1.82, 2.24) is 4.90 Å². The first kappa shape index (κ1) is 10.5. The van der Waals surface area contributed by atoms with E-state index in [0.717, 1.165) is 13.1 Å². The van der Waals surface area contributed by atoms with Crippen molar-refractivity contribution in [3.63, 3.8) is 0 Å². The lowest BCUT2D eigenvalue weighted by atomic mass is 10.3. The fraction of sp³-hybridized carbons (Fsp3) is 1.00. The minimum Gasteiger partial charge on any atom is -0.376 e. The van der Waals surface area contributed by atoms with Gasteiger partial charge in [0.15, 0.2) is 0 Å². The molecule has 5 heteroatoms. The average molecular weight is 213 g/mol. The Morgan fingerprint density at radius 3 is 2.75 bits per heavy atom. The van der Waals surface area contributed by atoms with Gasteiger partial charge in [-0.15, -0.1) is 23.2 Å². The highest BCUT2D eigenvalue weighted by Crippen LogP contribution is 2.15. The number of hydrogen-bond acceptors (Lipinski definition) is 3. The predicted octanol–water partition coefficient (Wildman–Crippen LogP) is 0.796. The summed E-state index contributed by atoms with van der Waals surface area (Å²) in [5.74, 6) is 0. The number of rotatable bonds is 2. The lowest BCUT2D eigenvalue weighted by molar-refractivity contribution is -0.0233. The number of morpholine rings is 1. The molecule has 1 heterocycles. The fourth-order valence-corrected chi connectivity index (χ4v) is 1.61.